The van der Waals surface area contributed by atoms with Crippen LogP contribution in [-0.4, -0.2) is 20.5 Å². The van der Waals surface area contributed by atoms with Gasteiger partial charge >= 0.3 is 0 Å². The third kappa shape index (κ3) is 2.57. The molecule has 1 unspecified atom stereocenters. The number of aryl methyl sites for hydroxylation is 2. The zero-order chi connectivity index (χ0) is 10.7. The van der Waals surface area contributed by atoms with Gasteiger partial charge in [0, 0.05) is 13.2 Å². The first-order valence-corrected chi connectivity index (χ1v) is 5.41. The molecule has 14 heavy (non-hydrogen) atoms. The first-order chi connectivity index (χ1) is 6.54. The monoisotopic (exact) mass is 259 g/mol. The van der Waals surface area contributed by atoms with Gasteiger partial charge in [0.2, 0.25) is 5.91 Å². The van der Waals surface area contributed by atoms with Crippen molar-refractivity contribution < 1.29 is 4.79 Å². The van der Waals surface area contributed by atoms with Gasteiger partial charge in [-0.2, -0.15) is 5.10 Å². The molecule has 1 atom stereocenters. The fraction of sp³-hybridized carbons (Fsp3) is 0.556. The van der Waals surface area contributed by atoms with Crippen molar-refractivity contribution in [1.29, 1.82) is 0 Å². The topological polar surface area (TPSA) is 46.9 Å². The molecule has 1 N–H and O–H groups in total. The zero-order valence-corrected chi connectivity index (χ0v) is 10.1. The van der Waals surface area contributed by atoms with Gasteiger partial charge in [-0.25, -0.2) is 0 Å². The van der Waals surface area contributed by atoms with Crippen molar-refractivity contribution in [2.24, 2.45) is 7.05 Å². The molecule has 1 rings (SSSR count). The number of carbonyl (C=O) groups excluding carboxylic acids is 1. The van der Waals surface area contributed by atoms with Gasteiger partial charge in [0.25, 0.3) is 0 Å². The number of carbonyl (C=O) groups is 1. The Hall–Kier alpha value is -0.840. The molecule has 0 aliphatic heterocycles. The third-order valence-electron chi connectivity index (χ3n) is 1.91. The molecule has 0 fully saturated rings. The Bertz CT molecular complexity index is 335. The van der Waals surface area contributed by atoms with Gasteiger partial charge in [0.1, 0.15) is 0 Å². The highest BCUT2D eigenvalue weighted by atomic mass is 79.9. The molecule has 0 saturated heterocycles. The maximum atomic E-state index is 11.5. The van der Waals surface area contributed by atoms with Crippen molar-refractivity contribution in [3.63, 3.8) is 0 Å². The van der Waals surface area contributed by atoms with E-state index in [0.29, 0.717) is 0 Å². The minimum absolute atomic E-state index is 0.0244. The van der Waals surface area contributed by atoms with Crippen molar-refractivity contribution >= 4 is 27.5 Å². The van der Waals surface area contributed by atoms with Crippen LogP contribution in [0.4, 0.5) is 5.69 Å². The highest BCUT2D eigenvalue weighted by Gasteiger charge is 2.14. The molecule has 0 aliphatic rings. The summed E-state index contributed by atoms with van der Waals surface area (Å²) < 4.78 is 1.68. The second kappa shape index (κ2) is 4.59. The molecule has 0 bridgehead atoms. The number of halogens is 1. The summed E-state index contributed by atoms with van der Waals surface area (Å²) >= 11 is 3.29. The van der Waals surface area contributed by atoms with Crippen molar-refractivity contribution in [3.05, 3.63) is 11.9 Å². The summed E-state index contributed by atoms with van der Waals surface area (Å²) in [5.41, 5.74) is 1.60. The van der Waals surface area contributed by atoms with Crippen LogP contribution in [-0.2, 0) is 11.8 Å². The van der Waals surface area contributed by atoms with Crippen molar-refractivity contribution in [2.45, 2.75) is 25.1 Å². The Morgan fingerprint density at radius 1 is 1.79 bits per heavy atom. The molecule has 0 radical (unpaired) electrons. The van der Waals surface area contributed by atoms with Crippen molar-refractivity contribution in [2.75, 3.05) is 5.32 Å². The normalized spacial score (nSPS) is 12.6. The first kappa shape index (κ1) is 11.2. The summed E-state index contributed by atoms with van der Waals surface area (Å²) in [7, 11) is 1.83. The lowest BCUT2D eigenvalue weighted by molar-refractivity contribution is -0.115. The molecule has 1 aromatic heterocycles. The van der Waals surface area contributed by atoms with Gasteiger partial charge in [-0.15, -0.1) is 0 Å². The quantitative estimate of drug-likeness (QED) is 0.843. The molecule has 78 valence electrons. The summed E-state index contributed by atoms with van der Waals surface area (Å²) in [6.45, 7) is 3.82. The number of anilines is 1. The third-order valence-corrected chi connectivity index (χ3v) is 2.98. The molecular formula is C9H14BrN3O. The van der Waals surface area contributed by atoms with E-state index in [4.69, 9.17) is 0 Å². The van der Waals surface area contributed by atoms with E-state index < -0.39 is 0 Å². The maximum Gasteiger partial charge on any atom is 0.238 e. The van der Waals surface area contributed by atoms with Gasteiger partial charge in [0.05, 0.1) is 16.2 Å². The van der Waals surface area contributed by atoms with Gasteiger partial charge in [-0.3, -0.25) is 9.48 Å². The average Bonchev–Trinajstić information content (AvgIpc) is 2.44. The molecule has 0 saturated carbocycles. The highest BCUT2D eigenvalue weighted by Crippen LogP contribution is 2.14. The molecular weight excluding hydrogens is 246 g/mol. The van der Waals surface area contributed by atoms with Gasteiger partial charge in [-0.1, -0.05) is 22.9 Å². The number of nitrogens with zero attached hydrogens (tertiary/aromatic N) is 2. The predicted octanol–water partition coefficient (Wildman–Crippen LogP) is 1.84. The SMILES string of the molecule is CCC(Br)C(=O)Nc1cn(C)nc1C. The molecule has 0 spiro atoms. The van der Waals surface area contributed by atoms with Crippen LogP contribution in [0, 0.1) is 6.92 Å². The van der Waals surface area contributed by atoms with Gasteiger partial charge in [-0.05, 0) is 13.3 Å². The molecule has 0 aromatic carbocycles. The van der Waals surface area contributed by atoms with Crippen molar-refractivity contribution in [3.8, 4) is 0 Å². The number of nitrogens with one attached hydrogen (secondary N) is 1. The summed E-state index contributed by atoms with van der Waals surface area (Å²) in [5, 5.41) is 6.95. The van der Waals surface area contributed by atoms with Crippen LogP contribution in [0.5, 0.6) is 0 Å². The smallest absolute Gasteiger partial charge is 0.238 e. The van der Waals surface area contributed by atoms with E-state index in [2.05, 4.69) is 26.3 Å². The molecule has 1 heterocycles. The van der Waals surface area contributed by atoms with Gasteiger partial charge in [0.15, 0.2) is 0 Å². The average molecular weight is 260 g/mol. The second-order valence-electron chi connectivity index (χ2n) is 3.17. The minimum Gasteiger partial charge on any atom is -0.322 e. The van der Waals surface area contributed by atoms with Crippen LogP contribution < -0.4 is 5.32 Å². The van der Waals surface area contributed by atoms with E-state index in [0.717, 1.165) is 17.8 Å². The number of rotatable bonds is 3. The molecule has 1 amide bonds. The predicted molar refractivity (Wildman–Crippen MR) is 59.6 cm³/mol. The molecule has 1 aromatic rings. The van der Waals surface area contributed by atoms with Crippen LogP contribution in [0.1, 0.15) is 19.0 Å². The van der Waals surface area contributed by atoms with E-state index in [1.165, 1.54) is 0 Å². The first-order valence-electron chi connectivity index (χ1n) is 4.49. The summed E-state index contributed by atoms with van der Waals surface area (Å²) in [6.07, 6.45) is 2.56. The zero-order valence-electron chi connectivity index (χ0n) is 8.54. The fourth-order valence-electron chi connectivity index (χ4n) is 1.12. The molecule has 4 nitrogen and oxygen atoms in total. The van der Waals surface area contributed by atoms with E-state index in [-0.39, 0.29) is 10.7 Å². The lowest BCUT2D eigenvalue weighted by Crippen LogP contribution is -2.22. The lowest BCUT2D eigenvalue weighted by atomic mass is 10.3. The molecule has 5 heteroatoms. The largest absolute Gasteiger partial charge is 0.322 e. The van der Waals surface area contributed by atoms with Gasteiger partial charge < -0.3 is 5.32 Å². The Kier molecular flexibility index (Phi) is 3.69. The second-order valence-corrected chi connectivity index (χ2v) is 4.27. The highest BCUT2D eigenvalue weighted by molar-refractivity contribution is 9.10. The van der Waals surface area contributed by atoms with Crippen molar-refractivity contribution in [1.82, 2.24) is 9.78 Å². The lowest BCUT2D eigenvalue weighted by Gasteiger charge is -2.06. The van der Waals surface area contributed by atoms with Crippen LogP contribution in [0.25, 0.3) is 0 Å². The van der Waals surface area contributed by atoms with E-state index in [1.807, 2.05) is 20.9 Å². The maximum absolute atomic E-state index is 11.5. The Morgan fingerprint density at radius 3 is 2.86 bits per heavy atom. The van der Waals surface area contributed by atoms with E-state index in [1.54, 1.807) is 10.9 Å². The number of hydrogen-bond donors (Lipinski definition) is 1. The Morgan fingerprint density at radius 2 is 2.43 bits per heavy atom. The van der Waals surface area contributed by atoms with E-state index >= 15 is 0 Å². The number of alkyl halides is 1. The number of amides is 1. The Labute approximate surface area is 91.8 Å². The molecule has 0 aliphatic carbocycles. The number of hydrogen-bond acceptors (Lipinski definition) is 2. The summed E-state index contributed by atoms with van der Waals surface area (Å²) in [4.78, 5) is 11.4. The summed E-state index contributed by atoms with van der Waals surface area (Å²) in [6, 6.07) is 0. The standard InChI is InChI=1S/C9H14BrN3O/c1-4-7(10)9(14)11-8-5-13(3)12-6(8)2/h5,7H,4H2,1-3H3,(H,11,14). The van der Waals surface area contributed by atoms with Crippen LogP contribution in [0.2, 0.25) is 0 Å². The van der Waals surface area contributed by atoms with Crippen LogP contribution in [0.3, 0.4) is 0 Å². The number of aromatic nitrogens is 2. The summed E-state index contributed by atoms with van der Waals surface area (Å²) in [5.74, 6) is -0.0244. The van der Waals surface area contributed by atoms with Crippen LogP contribution >= 0.6 is 15.9 Å². The Balaban J connectivity index is 2.69. The fourth-order valence-corrected chi connectivity index (χ4v) is 1.23. The van der Waals surface area contributed by atoms with E-state index in [9.17, 15) is 4.79 Å². The minimum atomic E-state index is -0.137. The van der Waals surface area contributed by atoms with Crippen LogP contribution in [0.15, 0.2) is 6.20 Å².